The Labute approximate surface area is 160 Å². The van der Waals surface area contributed by atoms with E-state index in [4.69, 9.17) is 21.3 Å². The van der Waals surface area contributed by atoms with Crippen LogP contribution in [0.4, 0.5) is 11.5 Å². The summed E-state index contributed by atoms with van der Waals surface area (Å²) in [6.45, 7) is 0. The van der Waals surface area contributed by atoms with Gasteiger partial charge in [-0.2, -0.15) is 0 Å². The summed E-state index contributed by atoms with van der Waals surface area (Å²) in [7, 11) is 0. The molecule has 4 aromatic rings. The minimum Gasteiger partial charge on any atom is -0.407 e. The molecule has 138 valence electrons. The molecule has 8 nitrogen and oxygen atoms in total. The van der Waals surface area contributed by atoms with Gasteiger partial charge < -0.3 is 20.8 Å². The van der Waals surface area contributed by atoms with Gasteiger partial charge in [-0.1, -0.05) is 18.2 Å². The maximum absolute atomic E-state index is 7.93. The maximum atomic E-state index is 7.93. The minimum absolute atomic E-state index is 0.193. The number of anilines is 2. The number of nitrogens with zero attached hydrogens (tertiary/aromatic N) is 2. The fraction of sp³-hybridized carbons (Fsp3) is 0. The van der Waals surface area contributed by atoms with Gasteiger partial charge in [0, 0.05) is 40.1 Å². The molecule has 0 unspecified atom stereocenters. The summed E-state index contributed by atoms with van der Waals surface area (Å²) in [6, 6.07) is 16.4. The van der Waals surface area contributed by atoms with Crippen molar-refractivity contribution in [2.24, 2.45) is 5.73 Å². The summed E-state index contributed by atoms with van der Waals surface area (Å²) < 4.78 is 4.89. The molecule has 0 fully saturated rings. The molecule has 8 heteroatoms. The van der Waals surface area contributed by atoms with Crippen LogP contribution >= 0.6 is 0 Å². The van der Waals surface area contributed by atoms with E-state index >= 15 is 0 Å². The molecule has 4 rings (SSSR count). The first-order valence-corrected chi connectivity index (χ1v) is 8.47. The van der Waals surface area contributed by atoms with Crippen molar-refractivity contribution in [2.75, 3.05) is 5.32 Å². The first-order chi connectivity index (χ1) is 13.6. The molecule has 0 aliphatic carbocycles. The molecule has 0 bridgehead atoms. The Morgan fingerprint density at radius 3 is 2.68 bits per heavy atom. The monoisotopic (exact) mass is 371 g/mol. The van der Waals surface area contributed by atoms with Crippen LogP contribution in [0.3, 0.4) is 0 Å². The summed E-state index contributed by atoms with van der Waals surface area (Å²) in [4.78, 5) is 12.2. The van der Waals surface area contributed by atoms with E-state index in [2.05, 4.69) is 20.3 Å². The number of hydrogen-bond acceptors (Lipinski definition) is 6. The van der Waals surface area contributed by atoms with E-state index in [1.807, 2.05) is 42.6 Å². The van der Waals surface area contributed by atoms with E-state index in [0.717, 1.165) is 22.2 Å². The highest BCUT2D eigenvalue weighted by Crippen LogP contribution is 2.28. The molecule has 2 heterocycles. The van der Waals surface area contributed by atoms with E-state index in [1.165, 1.54) is 0 Å². The molecule has 0 saturated heterocycles. The topological polar surface area (TPSA) is 137 Å². The van der Waals surface area contributed by atoms with Crippen LogP contribution in [-0.2, 0) is 4.74 Å². The van der Waals surface area contributed by atoms with E-state index < -0.39 is 6.02 Å². The Bertz CT molecular complexity index is 1170. The molecule has 0 aliphatic heterocycles. The van der Waals surface area contributed by atoms with Crippen molar-refractivity contribution < 1.29 is 4.74 Å². The van der Waals surface area contributed by atoms with Crippen LogP contribution in [0.15, 0.2) is 67.0 Å². The summed E-state index contributed by atoms with van der Waals surface area (Å²) in [6.07, 6.45) is 3.52. The number of ether oxygens (including phenoxy) is 1. The minimum atomic E-state index is -0.526. The molecule has 0 aliphatic rings. The summed E-state index contributed by atoms with van der Waals surface area (Å²) >= 11 is 0. The van der Waals surface area contributed by atoms with Crippen LogP contribution in [-0.4, -0.2) is 26.9 Å². The van der Waals surface area contributed by atoms with Gasteiger partial charge in [-0.15, -0.1) is 0 Å². The van der Waals surface area contributed by atoms with Gasteiger partial charge in [0.2, 0.25) is 5.90 Å². The highest BCUT2D eigenvalue weighted by molar-refractivity contribution is 6.03. The fourth-order valence-corrected chi connectivity index (χ4v) is 2.84. The Hall–Kier alpha value is -4.20. The third-order valence-electron chi connectivity index (χ3n) is 4.10. The zero-order valence-electron chi connectivity index (χ0n) is 14.7. The molecule has 2 aromatic carbocycles. The highest BCUT2D eigenvalue weighted by Gasteiger charge is 2.13. The van der Waals surface area contributed by atoms with Crippen molar-refractivity contribution in [3.8, 4) is 11.4 Å². The molecular weight excluding hydrogens is 354 g/mol. The Morgan fingerprint density at radius 1 is 1.07 bits per heavy atom. The molecule has 28 heavy (non-hydrogen) atoms. The Balaban J connectivity index is 1.70. The van der Waals surface area contributed by atoms with E-state index in [1.54, 1.807) is 24.4 Å². The molecule has 6 N–H and O–H groups in total. The van der Waals surface area contributed by atoms with Crippen molar-refractivity contribution in [2.45, 2.75) is 0 Å². The number of aromatic nitrogens is 3. The van der Waals surface area contributed by atoms with Gasteiger partial charge in [0.05, 0.1) is 0 Å². The molecule has 0 radical (unpaired) electrons. The van der Waals surface area contributed by atoms with E-state index in [9.17, 15) is 0 Å². The van der Waals surface area contributed by atoms with Crippen LogP contribution in [0.1, 0.15) is 5.56 Å². The second-order valence-electron chi connectivity index (χ2n) is 6.01. The largest absolute Gasteiger partial charge is 0.407 e. The third kappa shape index (κ3) is 3.51. The fourth-order valence-electron chi connectivity index (χ4n) is 2.84. The van der Waals surface area contributed by atoms with Crippen molar-refractivity contribution in [3.63, 3.8) is 0 Å². The summed E-state index contributed by atoms with van der Waals surface area (Å²) in [5, 5.41) is 19.2. The molecule has 0 spiro atoms. The van der Waals surface area contributed by atoms with Crippen LogP contribution < -0.4 is 11.1 Å². The van der Waals surface area contributed by atoms with Gasteiger partial charge in [-0.05, 0) is 36.4 Å². The first-order valence-electron chi connectivity index (χ1n) is 8.47. The number of nitrogens with two attached hydrogens (primary N) is 1. The molecule has 0 amide bonds. The summed E-state index contributed by atoms with van der Waals surface area (Å²) in [5.41, 5.74) is 8.32. The predicted molar refractivity (Wildman–Crippen MR) is 109 cm³/mol. The van der Waals surface area contributed by atoms with Gasteiger partial charge >= 0.3 is 0 Å². The van der Waals surface area contributed by atoms with Crippen molar-refractivity contribution in [1.82, 2.24) is 15.0 Å². The zero-order chi connectivity index (χ0) is 19.5. The second-order valence-corrected chi connectivity index (χ2v) is 6.01. The Kier molecular flexibility index (Phi) is 4.43. The first kappa shape index (κ1) is 17.2. The number of para-hydroxylation sites is 1. The number of benzene rings is 2. The molecule has 0 saturated carbocycles. The smallest absolute Gasteiger partial charge is 0.285 e. The number of fused-ring (bicyclic) bond motifs is 1. The molecule has 0 atom stereocenters. The van der Waals surface area contributed by atoms with Gasteiger partial charge in [-0.3, -0.25) is 10.8 Å². The highest BCUT2D eigenvalue weighted by atomic mass is 16.5. The van der Waals surface area contributed by atoms with E-state index in [0.29, 0.717) is 17.2 Å². The van der Waals surface area contributed by atoms with Crippen molar-refractivity contribution >= 4 is 34.3 Å². The lowest BCUT2D eigenvalue weighted by molar-refractivity contribution is 0.527. The second kappa shape index (κ2) is 7.20. The predicted octanol–water partition coefficient (Wildman–Crippen LogP) is 3.60. The number of H-pyrrole nitrogens is 1. The lowest BCUT2D eigenvalue weighted by Gasteiger charge is -2.07. The molecular formula is C20H17N7O. The lowest BCUT2D eigenvalue weighted by atomic mass is 10.1. The summed E-state index contributed by atoms with van der Waals surface area (Å²) in [5.74, 6) is 1.03. The number of aromatic amines is 1. The maximum Gasteiger partial charge on any atom is 0.285 e. The average molecular weight is 371 g/mol. The van der Waals surface area contributed by atoms with Gasteiger partial charge in [0.25, 0.3) is 6.02 Å². The average Bonchev–Trinajstić information content (AvgIpc) is 3.12. The van der Waals surface area contributed by atoms with Gasteiger partial charge in [-0.25, -0.2) is 9.97 Å². The number of rotatable bonds is 4. The number of nitrogens with one attached hydrogen (secondary N) is 4. The zero-order valence-corrected chi connectivity index (χ0v) is 14.7. The normalized spacial score (nSPS) is 10.6. The van der Waals surface area contributed by atoms with Crippen molar-refractivity contribution in [3.05, 3.63) is 72.6 Å². The number of amidine groups is 1. The quantitative estimate of drug-likeness (QED) is 0.276. The van der Waals surface area contributed by atoms with Crippen LogP contribution in [0, 0.1) is 10.8 Å². The van der Waals surface area contributed by atoms with Gasteiger partial charge in [0.1, 0.15) is 5.82 Å². The lowest BCUT2D eigenvalue weighted by Crippen LogP contribution is -2.19. The Morgan fingerprint density at radius 2 is 1.89 bits per heavy atom. The van der Waals surface area contributed by atoms with Crippen LogP contribution in [0.5, 0.6) is 0 Å². The molecule has 2 aromatic heterocycles. The van der Waals surface area contributed by atoms with Crippen LogP contribution in [0.25, 0.3) is 22.3 Å². The van der Waals surface area contributed by atoms with Crippen molar-refractivity contribution in [1.29, 1.82) is 10.8 Å². The standard InChI is InChI=1S/C20H17N7O/c21-18(28-20(22)23)12-6-7-16-14(10-12)15(11-25-16)19-24-9-8-17(27-19)26-13-4-2-1-3-5-13/h1-11,21,25H,(H3,22,23)(H,24,26,27). The van der Waals surface area contributed by atoms with Gasteiger partial charge in [0.15, 0.2) is 5.82 Å². The third-order valence-corrected chi connectivity index (χ3v) is 4.10. The van der Waals surface area contributed by atoms with E-state index in [-0.39, 0.29) is 5.90 Å². The number of hydrogen-bond donors (Lipinski definition) is 5. The van der Waals surface area contributed by atoms with Crippen LogP contribution in [0.2, 0.25) is 0 Å². The SMILES string of the molecule is N=C(N)OC(=N)c1ccc2[nH]cc(-c3nccc(Nc4ccccc4)n3)c2c1.